The molecule has 2 amide bonds. The lowest BCUT2D eigenvalue weighted by Gasteiger charge is -2.28. The Balaban J connectivity index is 1.62. The molecule has 0 bridgehead atoms. The number of aryl methyl sites for hydroxylation is 2. The molecule has 140 valence electrons. The number of hydrogen-bond donors (Lipinski definition) is 0. The average Bonchev–Trinajstić information content (AvgIpc) is 3.15. The van der Waals surface area contributed by atoms with Crippen LogP contribution in [0.4, 0.5) is 11.4 Å². The molecule has 1 aliphatic carbocycles. The van der Waals surface area contributed by atoms with Gasteiger partial charge in [0.2, 0.25) is 0 Å². The van der Waals surface area contributed by atoms with Gasteiger partial charge in [-0.2, -0.15) is 0 Å². The van der Waals surface area contributed by atoms with Gasteiger partial charge < -0.3 is 4.90 Å². The molecule has 5 rings (SSSR count). The minimum absolute atomic E-state index is 0.233. The number of carbonyl (C=O) groups is 2. The number of benzene rings is 3. The van der Waals surface area contributed by atoms with Crippen LogP contribution in [-0.2, 0) is 12.8 Å². The van der Waals surface area contributed by atoms with E-state index in [1.54, 1.807) is 0 Å². The molecule has 1 aliphatic heterocycles. The predicted molar refractivity (Wildman–Crippen MR) is 112 cm³/mol. The van der Waals surface area contributed by atoms with E-state index in [1.165, 1.54) is 16.0 Å². The summed E-state index contributed by atoms with van der Waals surface area (Å²) in [5.74, 6) is -0.465. The van der Waals surface area contributed by atoms with Gasteiger partial charge in [-0.3, -0.25) is 9.59 Å². The molecule has 0 N–H and O–H groups in total. The lowest BCUT2D eigenvalue weighted by Crippen LogP contribution is -2.40. The number of rotatable bonds is 4. The number of imide groups is 1. The molecule has 2 aliphatic rings. The lowest BCUT2D eigenvalue weighted by molar-refractivity contribution is 0.0893. The number of anilines is 2. The summed E-state index contributed by atoms with van der Waals surface area (Å²) in [7, 11) is 0. The van der Waals surface area contributed by atoms with Gasteiger partial charge in [0, 0.05) is 35.3 Å². The number of carbonyl (C=O) groups excluding carboxylic acids is 2. The molecule has 4 heteroatoms. The summed E-state index contributed by atoms with van der Waals surface area (Å²) in [4.78, 5) is 30.1. The van der Waals surface area contributed by atoms with Crippen LogP contribution in [0.1, 0.15) is 45.7 Å². The zero-order valence-corrected chi connectivity index (χ0v) is 16.2. The van der Waals surface area contributed by atoms with Crippen molar-refractivity contribution < 1.29 is 9.59 Å². The first-order valence-corrected chi connectivity index (χ1v) is 9.95. The third-order valence-corrected chi connectivity index (χ3v) is 6.10. The minimum atomic E-state index is -0.233. The third kappa shape index (κ3) is 2.24. The van der Waals surface area contributed by atoms with Gasteiger partial charge in [-0.05, 0) is 79.6 Å². The molecule has 0 saturated heterocycles. The van der Waals surface area contributed by atoms with Gasteiger partial charge in [-0.1, -0.05) is 12.1 Å². The minimum Gasteiger partial charge on any atom is -0.372 e. The molecule has 0 fully saturated rings. The molecule has 28 heavy (non-hydrogen) atoms. The Bertz CT molecular complexity index is 1070. The normalized spacial score (nSPS) is 14.9. The average molecular weight is 370 g/mol. The van der Waals surface area contributed by atoms with Crippen molar-refractivity contribution in [3.8, 4) is 0 Å². The second-order valence-corrected chi connectivity index (χ2v) is 7.43. The van der Waals surface area contributed by atoms with Gasteiger partial charge in [0.1, 0.15) is 0 Å². The molecule has 0 spiro atoms. The molecule has 0 radical (unpaired) electrons. The third-order valence-electron chi connectivity index (χ3n) is 6.10. The topological polar surface area (TPSA) is 40.6 Å². The summed E-state index contributed by atoms with van der Waals surface area (Å²) in [5, 5.41) is 1.96. The molecule has 0 unspecified atom stereocenters. The molecule has 0 aromatic heterocycles. The first-order chi connectivity index (χ1) is 13.6. The Morgan fingerprint density at radius 1 is 0.750 bits per heavy atom. The molecular formula is C24H22N2O2. The first kappa shape index (κ1) is 17.0. The standard InChI is InChI=1S/C24H22N2O2/c1-3-25(4-2)17-9-11-18(12-10-17)26-23(27)19-13-7-15-5-6-16-8-14-20(24(26)28)22(19)21(15)16/h7-14H,3-6H2,1-2H3. The van der Waals surface area contributed by atoms with E-state index in [1.807, 2.05) is 48.5 Å². The zero-order chi connectivity index (χ0) is 19.4. The van der Waals surface area contributed by atoms with Crippen molar-refractivity contribution >= 4 is 34.0 Å². The fraction of sp³-hybridized carbons (Fsp3) is 0.250. The van der Waals surface area contributed by atoms with Crippen molar-refractivity contribution in [3.05, 3.63) is 70.8 Å². The lowest BCUT2D eigenvalue weighted by atomic mass is 9.91. The summed E-state index contributed by atoms with van der Waals surface area (Å²) in [6, 6.07) is 15.6. The van der Waals surface area contributed by atoms with Gasteiger partial charge in [0.15, 0.2) is 0 Å². The molecule has 3 aromatic rings. The highest BCUT2D eigenvalue weighted by Crippen LogP contribution is 2.39. The van der Waals surface area contributed by atoms with Crippen molar-refractivity contribution in [2.24, 2.45) is 0 Å². The van der Waals surface area contributed by atoms with Crippen LogP contribution in [0.15, 0.2) is 48.5 Å². The molecule has 4 nitrogen and oxygen atoms in total. The van der Waals surface area contributed by atoms with Crippen molar-refractivity contribution in [2.45, 2.75) is 26.7 Å². The second-order valence-electron chi connectivity index (χ2n) is 7.43. The van der Waals surface area contributed by atoms with Crippen LogP contribution in [0.2, 0.25) is 0 Å². The monoisotopic (exact) mass is 370 g/mol. The van der Waals surface area contributed by atoms with E-state index >= 15 is 0 Å². The molecule has 0 saturated carbocycles. The SMILES string of the molecule is CCN(CC)c1ccc(N2C(=O)c3ccc4c5c(ccc(c35)C2=O)CC4)cc1. The van der Waals surface area contributed by atoms with E-state index < -0.39 is 0 Å². The van der Waals surface area contributed by atoms with Crippen LogP contribution in [-0.4, -0.2) is 24.9 Å². The smallest absolute Gasteiger partial charge is 0.265 e. The first-order valence-electron chi connectivity index (χ1n) is 9.95. The van der Waals surface area contributed by atoms with Crippen LogP contribution in [0.25, 0.3) is 10.8 Å². The summed E-state index contributed by atoms with van der Waals surface area (Å²) in [6.45, 7) is 6.05. The second kappa shape index (κ2) is 6.20. The predicted octanol–water partition coefficient (Wildman–Crippen LogP) is 4.59. The molecule has 3 aromatic carbocycles. The molecular weight excluding hydrogens is 348 g/mol. The van der Waals surface area contributed by atoms with E-state index in [2.05, 4.69) is 18.7 Å². The van der Waals surface area contributed by atoms with Crippen LogP contribution in [0.3, 0.4) is 0 Å². The largest absolute Gasteiger partial charge is 0.372 e. The summed E-state index contributed by atoms with van der Waals surface area (Å²) in [6.07, 6.45) is 1.96. The molecule has 1 heterocycles. The van der Waals surface area contributed by atoms with Crippen LogP contribution in [0, 0.1) is 0 Å². The highest BCUT2D eigenvalue weighted by molar-refractivity contribution is 6.36. The van der Waals surface area contributed by atoms with Crippen molar-refractivity contribution in [1.29, 1.82) is 0 Å². The van der Waals surface area contributed by atoms with Gasteiger partial charge in [-0.15, -0.1) is 0 Å². The Hall–Kier alpha value is -3.14. The summed E-state index contributed by atoms with van der Waals surface area (Å²) < 4.78 is 0. The van der Waals surface area contributed by atoms with Crippen molar-refractivity contribution in [2.75, 3.05) is 22.9 Å². The van der Waals surface area contributed by atoms with E-state index in [0.717, 1.165) is 42.4 Å². The van der Waals surface area contributed by atoms with E-state index in [9.17, 15) is 9.59 Å². The molecule has 0 atom stereocenters. The Kier molecular flexibility index (Phi) is 3.76. The quantitative estimate of drug-likeness (QED) is 0.631. The maximum Gasteiger partial charge on any atom is 0.265 e. The van der Waals surface area contributed by atoms with Gasteiger partial charge in [0.25, 0.3) is 11.8 Å². The van der Waals surface area contributed by atoms with E-state index in [0.29, 0.717) is 16.8 Å². The Morgan fingerprint density at radius 3 is 1.79 bits per heavy atom. The summed E-state index contributed by atoms with van der Waals surface area (Å²) >= 11 is 0. The van der Waals surface area contributed by atoms with Gasteiger partial charge in [-0.25, -0.2) is 4.90 Å². The maximum atomic E-state index is 13.3. The van der Waals surface area contributed by atoms with Gasteiger partial charge in [0.05, 0.1) is 5.69 Å². The van der Waals surface area contributed by atoms with Crippen LogP contribution in [0.5, 0.6) is 0 Å². The highest BCUT2D eigenvalue weighted by atomic mass is 16.2. The fourth-order valence-corrected chi connectivity index (χ4v) is 4.65. The van der Waals surface area contributed by atoms with Crippen molar-refractivity contribution in [1.82, 2.24) is 0 Å². The summed E-state index contributed by atoms with van der Waals surface area (Å²) in [5.41, 5.74) is 5.46. The maximum absolute atomic E-state index is 13.3. The van der Waals surface area contributed by atoms with E-state index in [4.69, 9.17) is 0 Å². The van der Waals surface area contributed by atoms with Gasteiger partial charge >= 0.3 is 0 Å². The fourth-order valence-electron chi connectivity index (χ4n) is 4.65. The number of amides is 2. The number of hydrogen-bond acceptors (Lipinski definition) is 3. The van der Waals surface area contributed by atoms with Crippen molar-refractivity contribution in [3.63, 3.8) is 0 Å². The zero-order valence-electron chi connectivity index (χ0n) is 16.2. The van der Waals surface area contributed by atoms with Crippen LogP contribution >= 0.6 is 0 Å². The Labute approximate surface area is 164 Å². The van der Waals surface area contributed by atoms with Crippen LogP contribution < -0.4 is 9.80 Å². The Morgan fingerprint density at radius 2 is 1.29 bits per heavy atom. The van der Waals surface area contributed by atoms with E-state index in [-0.39, 0.29) is 11.8 Å². The number of nitrogens with zero attached hydrogens (tertiary/aromatic N) is 2. The highest BCUT2D eigenvalue weighted by Gasteiger charge is 2.35.